The zero-order valence-corrected chi connectivity index (χ0v) is 18.7. The van der Waals surface area contributed by atoms with Crippen LogP contribution in [0.2, 0.25) is 0 Å². The molecule has 0 spiro atoms. The van der Waals surface area contributed by atoms with Gasteiger partial charge in [0.05, 0.1) is 6.42 Å². The number of esters is 1. The molecule has 2 aliphatic rings. The Hall–Kier alpha value is -1.65. The molecule has 1 aromatic rings. The van der Waals surface area contributed by atoms with Crippen LogP contribution in [-0.4, -0.2) is 23.3 Å². The van der Waals surface area contributed by atoms with Crippen molar-refractivity contribution in [3.63, 3.8) is 0 Å². The Bertz CT molecular complexity index is 686. The van der Waals surface area contributed by atoms with Crippen LogP contribution in [-0.2, 0) is 19.3 Å². The SMILES string of the molecule is C[C@]1(CCCCCCCCCCC=Cc2ccccc2)C[C@]2(C)OC(=O)C[C@@H]2OO1. The van der Waals surface area contributed by atoms with Crippen LogP contribution in [0.25, 0.3) is 6.08 Å². The molecule has 0 aliphatic carbocycles. The van der Waals surface area contributed by atoms with Gasteiger partial charge in [0.15, 0.2) is 0 Å². The number of fused-ring (bicyclic) bond motifs is 1. The highest BCUT2D eigenvalue weighted by Gasteiger charge is 2.55. The molecule has 0 saturated carbocycles. The third kappa shape index (κ3) is 6.95. The van der Waals surface area contributed by atoms with Crippen LogP contribution >= 0.6 is 0 Å². The van der Waals surface area contributed by atoms with Crippen molar-refractivity contribution in [1.29, 1.82) is 0 Å². The quantitative estimate of drug-likeness (QED) is 0.215. The van der Waals surface area contributed by atoms with Gasteiger partial charge in [0.1, 0.15) is 17.3 Å². The van der Waals surface area contributed by atoms with Crippen molar-refractivity contribution in [3.8, 4) is 0 Å². The second-order valence-corrected chi connectivity index (χ2v) is 9.47. The molecule has 0 N–H and O–H groups in total. The first-order chi connectivity index (χ1) is 14.5. The lowest BCUT2D eigenvalue weighted by molar-refractivity contribution is -0.428. The molecule has 2 saturated heterocycles. The summed E-state index contributed by atoms with van der Waals surface area (Å²) in [4.78, 5) is 22.8. The first kappa shape index (κ1) is 23.0. The van der Waals surface area contributed by atoms with Crippen molar-refractivity contribution in [2.24, 2.45) is 0 Å². The fraction of sp³-hybridized carbons (Fsp3) is 0.654. The second kappa shape index (κ2) is 11.1. The highest BCUT2D eigenvalue weighted by molar-refractivity contribution is 5.73. The number of unbranched alkanes of at least 4 members (excludes halogenated alkanes) is 8. The molecule has 2 fully saturated rings. The zero-order valence-electron chi connectivity index (χ0n) is 18.7. The molecule has 4 nitrogen and oxygen atoms in total. The summed E-state index contributed by atoms with van der Waals surface area (Å²) in [5.41, 5.74) is 0.401. The van der Waals surface area contributed by atoms with Crippen molar-refractivity contribution in [2.75, 3.05) is 0 Å². The number of allylic oxidation sites excluding steroid dienone is 1. The van der Waals surface area contributed by atoms with E-state index in [1.807, 2.05) is 6.92 Å². The van der Waals surface area contributed by atoms with Crippen LogP contribution in [0.1, 0.15) is 96.5 Å². The van der Waals surface area contributed by atoms with Crippen molar-refractivity contribution < 1.29 is 19.3 Å². The minimum Gasteiger partial charge on any atom is -0.456 e. The maximum atomic E-state index is 11.6. The average molecular weight is 415 g/mol. The highest BCUT2D eigenvalue weighted by atomic mass is 17.2. The molecule has 30 heavy (non-hydrogen) atoms. The third-order valence-corrected chi connectivity index (χ3v) is 6.41. The van der Waals surface area contributed by atoms with Gasteiger partial charge in [0, 0.05) is 6.42 Å². The molecule has 0 unspecified atom stereocenters. The first-order valence-corrected chi connectivity index (χ1v) is 11.8. The fourth-order valence-corrected chi connectivity index (χ4v) is 4.70. The van der Waals surface area contributed by atoms with E-state index >= 15 is 0 Å². The minimum atomic E-state index is -0.527. The van der Waals surface area contributed by atoms with Crippen molar-refractivity contribution in [1.82, 2.24) is 0 Å². The molecule has 3 rings (SSSR count). The predicted molar refractivity (Wildman–Crippen MR) is 120 cm³/mol. The minimum absolute atomic E-state index is 0.178. The lowest BCUT2D eigenvalue weighted by atomic mass is 9.82. The smallest absolute Gasteiger partial charge is 0.309 e. The Morgan fingerprint density at radius 1 is 0.967 bits per heavy atom. The molecular formula is C26H38O4. The van der Waals surface area contributed by atoms with Gasteiger partial charge < -0.3 is 4.74 Å². The van der Waals surface area contributed by atoms with E-state index in [2.05, 4.69) is 49.4 Å². The zero-order chi connectivity index (χ0) is 21.3. The van der Waals surface area contributed by atoms with E-state index in [1.165, 1.54) is 56.9 Å². The van der Waals surface area contributed by atoms with E-state index in [1.54, 1.807) is 0 Å². The molecular weight excluding hydrogens is 376 g/mol. The monoisotopic (exact) mass is 414 g/mol. The van der Waals surface area contributed by atoms with E-state index in [-0.39, 0.29) is 17.7 Å². The normalized spacial score (nSPS) is 28.6. The van der Waals surface area contributed by atoms with E-state index < -0.39 is 5.60 Å². The molecule has 2 aliphatic heterocycles. The van der Waals surface area contributed by atoms with Crippen LogP contribution in [0, 0.1) is 0 Å². The summed E-state index contributed by atoms with van der Waals surface area (Å²) in [6.45, 7) is 4.05. The van der Waals surface area contributed by atoms with Gasteiger partial charge >= 0.3 is 5.97 Å². The van der Waals surface area contributed by atoms with Gasteiger partial charge in [-0.25, -0.2) is 9.78 Å². The molecule has 3 atom stereocenters. The number of hydrogen-bond acceptors (Lipinski definition) is 4. The summed E-state index contributed by atoms with van der Waals surface area (Å²) in [5, 5.41) is 0. The van der Waals surface area contributed by atoms with Crippen LogP contribution in [0.15, 0.2) is 36.4 Å². The van der Waals surface area contributed by atoms with E-state index in [0.717, 1.165) is 19.3 Å². The van der Waals surface area contributed by atoms with Gasteiger partial charge in [-0.15, -0.1) is 0 Å². The molecule has 0 radical (unpaired) electrons. The Morgan fingerprint density at radius 2 is 1.63 bits per heavy atom. The van der Waals surface area contributed by atoms with Gasteiger partial charge in [-0.1, -0.05) is 87.4 Å². The summed E-state index contributed by atoms with van der Waals surface area (Å²) in [6.07, 6.45) is 17.6. The molecule has 2 heterocycles. The average Bonchev–Trinajstić information content (AvgIpc) is 3.02. The summed E-state index contributed by atoms with van der Waals surface area (Å²) in [7, 11) is 0. The van der Waals surface area contributed by atoms with Crippen LogP contribution in [0.3, 0.4) is 0 Å². The van der Waals surface area contributed by atoms with Gasteiger partial charge in [-0.3, -0.25) is 4.79 Å². The molecule has 1 aromatic carbocycles. The number of rotatable bonds is 12. The van der Waals surface area contributed by atoms with Crippen LogP contribution in [0.5, 0.6) is 0 Å². The third-order valence-electron chi connectivity index (χ3n) is 6.41. The summed E-state index contributed by atoms with van der Waals surface area (Å²) in [6, 6.07) is 10.5. The summed E-state index contributed by atoms with van der Waals surface area (Å²) >= 11 is 0. The predicted octanol–water partition coefficient (Wildman–Crippen LogP) is 6.79. The maximum absolute atomic E-state index is 11.6. The van der Waals surface area contributed by atoms with Crippen molar-refractivity contribution >= 4 is 12.0 Å². The molecule has 0 amide bonds. The Balaban J connectivity index is 1.17. The topological polar surface area (TPSA) is 44.8 Å². The fourth-order valence-electron chi connectivity index (χ4n) is 4.70. The van der Waals surface area contributed by atoms with Gasteiger partial charge in [-0.05, 0) is 38.7 Å². The van der Waals surface area contributed by atoms with Gasteiger partial charge in [-0.2, -0.15) is 0 Å². The second-order valence-electron chi connectivity index (χ2n) is 9.47. The lowest BCUT2D eigenvalue weighted by Gasteiger charge is -2.43. The number of hydrogen-bond donors (Lipinski definition) is 0. The lowest BCUT2D eigenvalue weighted by Crippen LogP contribution is -2.51. The number of carbonyl (C=O) groups excluding carboxylic acids is 1. The van der Waals surface area contributed by atoms with Crippen LogP contribution < -0.4 is 0 Å². The first-order valence-electron chi connectivity index (χ1n) is 11.8. The molecule has 0 bridgehead atoms. The van der Waals surface area contributed by atoms with Crippen LogP contribution in [0.4, 0.5) is 0 Å². The summed E-state index contributed by atoms with van der Waals surface area (Å²) in [5.74, 6) is -0.178. The number of carbonyl (C=O) groups is 1. The largest absolute Gasteiger partial charge is 0.456 e. The van der Waals surface area contributed by atoms with Crippen molar-refractivity contribution in [3.05, 3.63) is 42.0 Å². The Morgan fingerprint density at radius 3 is 2.37 bits per heavy atom. The maximum Gasteiger partial charge on any atom is 0.309 e. The molecule has 0 aromatic heterocycles. The highest BCUT2D eigenvalue weighted by Crippen LogP contribution is 2.44. The molecule has 166 valence electrons. The van der Waals surface area contributed by atoms with Gasteiger partial charge in [0.2, 0.25) is 0 Å². The number of benzene rings is 1. The Labute approximate surface area is 181 Å². The number of ether oxygens (including phenoxy) is 1. The van der Waals surface area contributed by atoms with E-state index in [0.29, 0.717) is 6.42 Å². The standard InChI is InChI=1S/C26H38O4/c1-25(21-26(2)23(29-30-25)20-24(27)28-26)19-15-10-8-6-4-3-5-7-9-12-16-22-17-13-11-14-18-22/h11-14,16-18,23H,3-10,15,19-21H2,1-2H3/t23-,25-,26-/m0/s1. The van der Waals surface area contributed by atoms with Gasteiger partial charge in [0.25, 0.3) is 0 Å². The Kier molecular flexibility index (Phi) is 8.52. The molecule has 4 heteroatoms. The van der Waals surface area contributed by atoms with Crippen molar-refractivity contribution in [2.45, 2.75) is 108 Å². The summed E-state index contributed by atoms with van der Waals surface area (Å²) < 4.78 is 5.53. The van der Waals surface area contributed by atoms with E-state index in [9.17, 15) is 4.79 Å². The van der Waals surface area contributed by atoms with E-state index in [4.69, 9.17) is 14.5 Å².